The van der Waals surface area contributed by atoms with Crippen LogP contribution in [-0.2, 0) is 6.42 Å². The lowest BCUT2D eigenvalue weighted by molar-refractivity contribution is 0.0535. The summed E-state index contributed by atoms with van der Waals surface area (Å²) in [5.74, 6) is 3.43. The molecule has 3 aliphatic carbocycles. The molecule has 0 saturated heterocycles. The van der Waals surface area contributed by atoms with Crippen molar-refractivity contribution >= 4 is 5.69 Å². The summed E-state index contributed by atoms with van der Waals surface area (Å²) in [7, 11) is 1.77. The van der Waals surface area contributed by atoms with Crippen molar-refractivity contribution in [3.8, 4) is 5.75 Å². The van der Waals surface area contributed by atoms with Gasteiger partial charge in [-0.1, -0.05) is 13.0 Å². The van der Waals surface area contributed by atoms with Crippen molar-refractivity contribution in [3.63, 3.8) is 0 Å². The summed E-state index contributed by atoms with van der Waals surface area (Å²) >= 11 is 0. The van der Waals surface area contributed by atoms with Gasteiger partial charge in [0.15, 0.2) is 0 Å². The normalized spacial score (nSPS) is 34.3. The first kappa shape index (κ1) is 17.1. The van der Waals surface area contributed by atoms with Crippen LogP contribution in [0, 0.1) is 17.3 Å². The Kier molecular flexibility index (Phi) is 4.14. The number of methoxy groups -OCH3 is 1. The molecular weight excluding hydrogens is 332 g/mol. The molecule has 142 valence electrons. The maximum atomic E-state index is 5.46. The van der Waals surface area contributed by atoms with Gasteiger partial charge in [-0.2, -0.15) is 0 Å². The first-order valence-electron chi connectivity index (χ1n) is 10.5. The Balaban J connectivity index is 1.40. The molecule has 2 fully saturated rings. The molecule has 0 aliphatic heterocycles. The number of pyridine rings is 1. The number of ether oxygens (including phenoxy) is 1. The Morgan fingerprint density at radius 2 is 2.07 bits per heavy atom. The van der Waals surface area contributed by atoms with Crippen molar-refractivity contribution in [2.45, 2.75) is 57.4 Å². The topological polar surface area (TPSA) is 34.1 Å². The Morgan fingerprint density at radius 1 is 1.15 bits per heavy atom. The molecule has 0 bridgehead atoms. The van der Waals surface area contributed by atoms with Crippen molar-refractivity contribution in [2.24, 2.45) is 17.3 Å². The molecule has 2 aromatic rings. The summed E-state index contributed by atoms with van der Waals surface area (Å²) in [5.41, 5.74) is 4.72. The molecule has 0 spiro atoms. The first-order valence-corrected chi connectivity index (χ1v) is 10.5. The molecule has 1 aromatic heterocycles. The molecule has 3 aliphatic rings. The minimum absolute atomic E-state index is 0.404. The molecule has 2 saturated carbocycles. The van der Waals surface area contributed by atoms with Gasteiger partial charge in [-0.15, -0.1) is 0 Å². The van der Waals surface area contributed by atoms with E-state index in [0.29, 0.717) is 11.5 Å². The molecule has 0 unspecified atom stereocenters. The van der Waals surface area contributed by atoms with E-state index in [-0.39, 0.29) is 0 Å². The quantitative estimate of drug-likeness (QED) is 0.791. The molecule has 27 heavy (non-hydrogen) atoms. The Bertz CT molecular complexity index is 820. The maximum absolute atomic E-state index is 5.46. The van der Waals surface area contributed by atoms with Gasteiger partial charge in [0.1, 0.15) is 5.75 Å². The molecular formula is C24H30N2O. The van der Waals surface area contributed by atoms with Crippen LogP contribution in [0.5, 0.6) is 5.75 Å². The molecule has 5 atom stereocenters. The van der Waals surface area contributed by atoms with Gasteiger partial charge >= 0.3 is 0 Å². The van der Waals surface area contributed by atoms with Crippen molar-refractivity contribution < 1.29 is 4.74 Å². The van der Waals surface area contributed by atoms with E-state index in [2.05, 4.69) is 41.5 Å². The summed E-state index contributed by atoms with van der Waals surface area (Å²) in [6, 6.07) is 11.6. The van der Waals surface area contributed by atoms with Crippen LogP contribution >= 0.6 is 0 Å². The van der Waals surface area contributed by atoms with Crippen LogP contribution in [0.4, 0.5) is 5.69 Å². The Morgan fingerprint density at radius 3 is 2.89 bits per heavy atom. The fourth-order valence-electron chi connectivity index (χ4n) is 6.57. The van der Waals surface area contributed by atoms with Crippen LogP contribution < -0.4 is 10.1 Å². The Labute approximate surface area is 162 Å². The van der Waals surface area contributed by atoms with Gasteiger partial charge in [0, 0.05) is 18.4 Å². The molecule has 3 heteroatoms. The van der Waals surface area contributed by atoms with Gasteiger partial charge in [-0.25, -0.2) is 0 Å². The largest absolute Gasteiger partial charge is 0.497 e. The lowest BCUT2D eigenvalue weighted by Crippen LogP contribution is -2.46. The highest BCUT2D eigenvalue weighted by molar-refractivity contribution is 5.43. The van der Waals surface area contributed by atoms with E-state index in [1.165, 1.54) is 49.8 Å². The average molecular weight is 363 g/mol. The zero-order valence-corrected chi connectivity index (χ0v) is 16.4. The van der Waals surface area contributed by atoms with E-state index < -0.39 is 0 Å². The van der Waals surface area contributed by atoms with Crippen molar-refractivity contribution in [1.29, 1.82) is 0 Å². The average Bonchev–Trinajstić information content (AvgIpc) is 3.04. The fourth-order valence-corrected chi connectivity index (χ4v) is 6.57. The highest BCUT2D eigenvalue weighted by atomic mass is 16.5. The predicted molar refractivity (Wildman–Crippen MR) is 109 cm³/mol. The zero-order valence-electron chi connectivity index (χ0n) is 16.4. The summed E-state index contributed by atoms with van der Waals surface area (Å²) in [4.78, 5) is 4.29. The fraction of sp³-hybridized carbons (Fsp3) is 0.542. The van der Waals surface area contributed by atoms with Gasteiger partial charge in [0.25, 0.3) is 0 Å². The zero-order chi connectivity index (χ0) is 18.4. The molecule has 1 N–H and O–H groups in total. The van der Waals surface area contributed by atoms with Crippen LogP contribution in [0.2, 0.25) is 0 Å². The number of anilines is 1. The summed E-state index contributed by atoms with van der Waals surface area (Å²) in [5, 5.41) is 3.83. The van der Waals surface area contributed by atoms with Crippen LogP contribution in [0.25, 0.3) is 0 Å². The number of nitrogens with zero attached hydrogens (tertiary/aromatic N) is 1. The lowest BCUT2D eigenvalue weighted by atomic mass is 9.55. The summed E-state index contributed by atoms with van der Waals surface area (Å²) < 4.78 is 5.46. The van der Waals surface area contributed by atoms with E-state index in [0.717, 1.165) is 23.5 Å². The van der Waals surface area contributed by atoms with E-state index >= 15 is 0 Å². The summed E-state index contributed by atoms with van der Waals surface area (Å²) in [6.07, 6.45) is 11.7. The monoisotopic (exact) mass is 362 g/mol. The number of nitrogens with one attached hydrogen (secondary N) is 1. The number of fused-ring (bicyclic) bond motifs is 5. The van der Waals surface area contributed by atoms with Gasteiger partial charge in [0.2, 0.25) is 0 Å². The maximum Gasteiger partial charge on any atom is 0.119 e. The number of aromatic nitrogens is 1. The number of rotatable bonds is 3. The van der Waals surface area contributed by atoms with E-state index in [9.17, 15) is 0 Å². The molecule has 0 amide bonds. The van der Waals surface area contributed by atoms with E-state index in [1.54, 1.807) is 12.7 Å². The highest BCUT2D eigenvalue weighted by Crippen LogP contribution is 2.61. The van der Waals surface area contributed by atoms with Crippen molar-refractivity contribution in [2.75, 3.05) is 12.4 Å². The van der Waals surface area contributed by atoms with Crippen LogP contribution in [0.1, 0.15) is 56.1 Å². The van der Waals surface area contributed by atoms with Gasteiger partial charge in [0.05, 0.1) is 12.8 Å². The third-order valence-corrected chi connectivity index (χ3v) is 7.94. The molecule has 1 aromatic carbocycles. The highest BCUT2D eigenvalue weighted by Gasteiger charge is 2.54. The molecule has 0 radical (unpaired) electrons. The third kappa shape index (κ3) is 2.74. The van der Waals surface area contributed by atoms with Gasteiger partial charge in [-0.05, 0) is 97.1 Å². The predicted octanol–water partition coefficient (Wildman–Crippen LogP) is 5.43. The minimum atomic E-state index is 0.404. The second-order valence-corrected chi connectivity index (χ2v) is 9.04. The number of hydrogen-bond donors (Lipinski definition) is 1. The van der Waals surface area contributed by atoms with Crippen LogP contribution in [-0.4, -0.2) is 18.1 Å². The molecule has 1 heterocycles. The third-order valence-electron chi connectivity index (χ3n) is 7.94. The van der Waals surface area contributed by atoms with Gasteiger partial charge < -0.3 is 10.1 Å². The van der Waals surface area contributed by atoms with Crippen LogP contribution in [0.3, 0.4) is 0 Å². The van der Waals surface area contributed by atoms with Gasteiger partial charge in [-0.3, -0.25) is 4.98 Å². The van der Waals surface area contributed by atoms with Crippen LogP contribution in [0.15, 0.2) is 42.7 Å². The standard InChI is InChI=1S/C24H30N2O/c1-24-12-11-20-19-8-6-18(27-2)14-16(19)5-7-21(20)22(24)9-10-23(24)26-17-4-3-13-25-15-17/h3-4,6,8,13-15,20-23,26H,5,7,9-12H2,1-2H3/t20-,21-,22+,23+,24+/m1/s1. The molecule has 3 nitrogen and oxygen atoms in total. The van der Waals surface area contributed by atoms with Crippen molar-refractivity contribution in [1.82, 2.24) is 4.98 Å². The van der Waals surface area contributed by atoms with E-state index in [1.807, 2.05) is 18.5 Å². The summed E-state index contributed by atoms with van der Waals surface area (Å²) in [6.45, 7) is 2.55. The SMILES string of the molecule is COc1ccc2c(c1)CC[C@@H]1[C@@H]2CC[C@]2(C)[C@@H](Nc3cccnc3)CC[C@@H]12. The smallest absolute Gasteiger partial charge is 0.119 e. The number of aryl methyl sites for hydroxylation is 1. The van der Waals surface area contributed by atoms with Crippen molar-refractivity contribution in [3.05, 3.63) is 53.9 Å². The Hall–Kier alpha value is -2.03. The first-order chi connectivity index (χ1) is 13.2. The number of benzene rings is 1. The second-order valence-electron chi connectivity index (χ2n) is 9.04. The minimum Gasteiger partial charge on any atom is -0.497 e. The molecule has 5 rings (SSSR count). The second kappa shape index (κ2) is 6.54. The van der Waals surface area contributed by atoms with E-state index in [4.69, 9.17) is 4.74 Å². The lowest BCUT2D eigenvalue weighted by Gasteiger charge is -2.51. The number of hydrogen-bond acceptors (Lipinski definition) is 3.